The Hall–Kier alpha value is -3.12. The van der Waals surface area contributed by atoms with Gasteiger partial charge in [0, 0.05) is 11.7 Å². The van der Waals surface area contributed by atoms with Gasteiger partial charge in [-0.3, -0.25) is 14.2 Å². The van der Waals surface area contributed by atoms with Crippen molar-refractivity contribution in [3.05, 3.63) is 69.8 Å². The van der Waals surface area contributed by atoms with Crippen LogP contribution in [0.4, 0.5) is 5.69 Å². The molecule has 0 saturated heterocycles. The topological polar surface area (TPSA) is 60.3 Å². The summed E-state index contributed by atoms with van der Waals surface area (Å²) in [6, 6.07) is 17.1. The average Bonchev–Trinajstić information content (AvgIpc) is 3.01. The van der Waals surface area contributed by atoms with Gasteiger partial charge in [-0.15, -0.1) is 0 Å². The van der Waals surface area contributed by atoms with E-state index in [1.807, 2.05) is 68.4 Å². The minimum absolute atomic E-state index is 0.00433. The Morgan fingerprint density at radius 2 is 1.79 bits per heavy atom. The van der Waals surface area contributed by atoms with E-state index in [0.29, 0.717) is 17.0 Å². The van der Waals surface area contributed by atoms with Crippen LogP contribution >= 0.6 is 11.3 Å². The van der Waals surface area contributed by atoms with Crippen molar-refractivity contribution in [3.63, 3.8) is 0 Å². The molecule has 4 aromatic rings. The molecule has 0 aliphatic heterocycles. The highest BCUT2D eigenvalue weighted by atomic mass is 32.1. The van der Waals surface area contributed by atoms with Crippen molar-refractivity contribution in [2.45, 2.75) is 19.9 Å². The molecule has 0 fully saturated rings. The lowest BCUT2D eigenvalue weighted by Gasteiger charge is -2.12. The molecular formula is C22H20N2O3S. The van der Waals surface area contributed by atoms with Crippen LogP contribution in [0.3, 0.4) is 0 Å². The highest BCUT2D eigenvalue weighted by molar-refractivity contribution is 7.16. The summed E-state index contributed by atoms with van der Waals surface area (Å²) < 4.78 is 8.04. The number of benzene rings is 3. The van der Waals surface area contributed by atoms with E-state index >= 15 is 0 Å². The Labute approximate surface area is 166 Å². The van der Waals surface area contributed by atoms with Gasteiger partial charge in [0.1, 0.15) is 5.75 Å². The Morgan fingerprint density at radius 1 is 1.07 bits per heavy atom. The maximum absolute atomic E-state index is 12.9. The SMILES string of the molecule is COc1cc2ccccc2cc1C(=O)Nc1ccc2c(c1)sc(=O)n2C(C)C. The average molecular weight is 392 g/mol. The van der Waals surface area contributed by atoms with Crippen LogP contribution in [0.25, 0.3) is 21.0 Å². The first-order valence-electron chi connectivity index (χ1n) is 9.01. The zero-order valence-corrected chi connectivity index (χ0v) is 16.7. The van der Waals surface area contributed by atoms with Gasteiger partial charge in [0.2, 0.25) is 0 Å². The van der Waals surface area contributed by atoms with Gasteiger partial charge in [-0.25, -0.2) is 0 Å². The number of methoxy groups -OCH3 is 1. The third kappa shape index (κ3) is 3.16. The number of nitrogens with one attached hydrogen (secondary N) is 1. The number of ether oxygens (including phenoxy) is 1. The van der Waals surface area contributed by atoms with E-state index in [2.05, 4.69) is 5.32 Å². The number of rotatable bonds is 4. The van der Waals surface area contributed by atoms with Crippen molar-refractivity contribution in [2.75, 3.05) is 12.4 Å². The number of aromatic nitrogens is 1. The fourth-order valence-corrected chi connectivity index (χ4v) is 4.42. The molecule has 0 atom stereocenters. The van der Waals surface area contributed by atoms with E-state index in [-0.39, 0.29) is 16.8 Å². The van der Waals surface area contributed by atoms with Gasteiger partial charge in [-0.2, -0.15) is 0 Å². The van der Waals surface area contributed by atoms with Gasteiger partial charge in [0.25, 0.3) is 5.91 Å². The Kier molecular flexibility index (Phi) is 4.65. The van der Waals surface area contributed by atoms with Crippen LogP contribution in [0.2, 0.25) is 0 Å². The molecule has 142 valence electrons. The van der Waals surface area contributed by atoms with Crippen molar-refractivity contribution >= 4 is 43.9 Å². The van der Waals surface area contributed by atoms with Crippen LogP contribution < -0.4 is 14.9 Å². The lowest BCUT2D eigenvalue weighted by atomic mass is 10.1. The molecule has 0 unspecified atom stereocenters. The minimum atomic E-state index is -0.252. The van der Waals surface area contributed by atoms with E-state index in [9.17, 15) is 9.59 Å². The van der Waals surface area contributed by atoms with Crippen LogP contribution in [0.15, 0.2) is 59.4 Å². The van der Waals surface area contributed by atoms with Gasteiger partial charge >= 0.3 is 4.87 Å². The molecule has 0 radical (unpaired) electrons. The van der Waals surface area contributed by atoms with Crippen LogP contribution in [0.1, 0.15) is 30.2 Å². The smallest absolute Gasteiger partial charge is 0.308 e. The lowest BCUT2D eigenvalue weighted by molar-refractivity contribution is 0.102. The summed E-state index contributed by atoms with van der Waals surface area (Å²) in [4.78, 5) is 25.1. The van der Waals surface area contributed by atoms with Gasteiger partial charge < -0.3 is 10.1 Å². The first-order valence-corrected chi connectivity index (χ1v) is 9.83. The molecule has 5 nitrogen and oxygen atoms in total. The molecule has 28 heavy (non-hydrogen) atoms. The predicted molar refractivity (Wildman–Crippen MR) is 115 cm³/mol. The summed E-state index contributed by atoms with van der Waals surface area (Å²) in [7, 11) is 1.55. The predicted octanol–water partition coefficient (Wildman–Crippen LogP) is 5.06. The largest absolute Gasteiger partial charge is 0.496 e. The fourth-order valence-electron chi connectivity index (χ4n) is 3.37. The van der Waals surface area contributed by atoms with E-state index in [4.69, 9.17) is 4.74 Å². The Bertz CT molecular complexity index is 1250. The molecule has 0 aliphatic rings. The van der Waals surface area contributed by atoms with E-state index in [1.54, 1.807) is 11.7 Å². The third-order valence-electron chi connectivity index (χ3n) is 4.70. The standard InChI is InChI=1S/C22H20N2O3S/c1-13(2)24-18-9-8-16(12-20(18)28-22(24)26)23-21(25)17-10-14-6-4-5-7-15(14)11-19(17)27-3/h4-13H,1-3H3,(H,23,25). The number of hydrogen-bond donors (Lipinski definition) is 1. The zero-order chi connectivity index (χ0) is 19.8. The molecule has 3 aromatic carbocycles. The van der Waals surface area contributed by atoms with Crippen LogP contribution in [-0.2, 0) is 0 Å². The first kappa shape index (κ1) is 18.3. The summed E-state index contributed by atoms with van der Waals surface area (Å²) >= 11 is 1.19. The van der Waals surface area contributed by atoms with Crippen molar-refractivity contribution in [1.29, 1.82) is 0 Å². The lowest BCUT2D eigenvalue weighted by Crippen LogP contribution is -2.15. The maximum Gasteiger partial charge on any atom is 0.308 e. The second-order valence-corrected chi connectivity index (χ2v) is 7.86. The van der Waals surface area contributed by atoms with Crippen LogP contribution in [0.5, 0.6) is 5.75 Å². The molecule has 4 rings (SSSR count). The summed E-state index contributed by atoms with van der Waals surface area (Å²) in [6.07, 6.45) is 0. The van der Waals surface area contributed by atoms with Crippen molar-refractivity contribution in [2.24, 2.45) is 0 Å². The van der Waals surface area contributed by atoms with E-state index < -0.39 is 0 Å². The monoisotopic (exact) mass is 392 g/mol. The first-order chi connectivity index (χ1) is 13.5. The third-order valence-corrected chi connectivity index (χ3v) is 5.62. The van der Waals surface area contributed by atoms with Gasteiger partial charge in [0.05, 0.1) is 22.9 Å². The molecule has 1 amide bonds. The number of nitrogens with zero attached hydrogens (tertiary/aromatic N) is 1. The molecule has 0 saturated carbocycles. The quantitative estimate of drug-likeness (QED) is 0.528. The Balaban J connectivity index is 1.70. The fraction of sp³-hybridized carbons (Fsp3) is 0.182. The molecular weight excluding hydrogens is 372 g/mol. The molecule has 0 spiro atoms. The molecule has 1 aromatic heterocycles. The number of carbonyl (C=O) groups is 1. The molecule has 0 bridgehead atoms. The Morgan fingerprint density at radius 3 is 2.46 bits per heavy atom. The maximum atomic E-state index is 12.9. The number of fused-ring (bicyclic) bond motifs is 2. The van der Waals surface area contributed by atoms with E-state index in [0.717, 1.165) is 21.0 Å². The number of anilines is 1. The minimum Gasteiger partial charge on any atom is -0.496 e. The van der Waals surface area contributed by atoms with Crippen molar-refractivity contribution in [3.8, 4) is 5.75 Å². The number of carbonyl (C=O) groups excluding carboxylic acids is 1. The summed E-state index contributed by atoms with van der Waals surface area (Å²) in [6.45, 7) is 3.96. The zero-order valence-electron chi connectivity index (χ0n) is 15.9. The summed E-state index contributed by atoms with van der Waals surface area (Å²) in [5.74, 6) is 0.269. The number of amides is 1. The van der Waals surface area contributed by atoms with Crippen molar-refractivity contribution in [1.82, 2.24) is 4.57 Å². The molecule has 1 heterocycles. The molecule has 1 N–H and O–H groups in total. The summed E-state index contributed by atoms with van der Waals surface area (Å²) in [5.41, 5.74) is 1.99. The molecule has 0 aliphatic carbocycles. The number of thiazole rings is 1. The van der Waals surface area contributed by atoms with E-state index in [1.165, 1.54) is 11.3 Å². The van der Waals surface area contributed by atoms with Gasteiger partial charge in [-0.05, 0) is 55.0 Å². The van der Waals surface area contributed by atoms with Gasteiger partial charge in [0.15, 0.2) is 0 Å². The number of hydrogen-bond acceptors (Lipinski definition) is 4. The van der Waals surface area contributed by atoms with Crippen LogP contribution in [-0.4, -0.2) is 17.6 Å². The normalized spacial score (nSPS) is 11.3. The van der Waals surface area contributed by atoms with Crippen LogP contribution in [0, 0.1) is 0 Å². The van der Waals surface area contributed by atoms with Crippen molar-refractivity contribution < 1.29 is 9.53 Å². The summed E-state index contributed by atoms with van der Waals surface area (Å²) in [5, 5.41) is 4.90. The van der Waals surface area contributed by atoms with Gasteiger partial charge in [-0.1, -0.05) is 35.6 Å². The molecule has 6 heteroatoms. The highest BCUT2D eigenvalue weighted by Gasteiger charge is 2.16. The second-order valence-electron chi connectivity index (χ2n) is 6.87. The second kappa shape index (κ2) is 7.13. The highest BCUT2D eigenvalue weighted by Crippen LogP contribution is 2.28.